The first-order valence-electron chi connectivity index (χ1n) is 5.02. The highest BCUT2D eigenvalue weighted by molar-refractivity contribution is 6.56. The molecule has 2 heteroatoms. The van der Waals surface area contributed by atoms with E-state index in [1.165, 1.54) is 13.0 Å². The SMILES string of the molecule is CC(C)N(C)CCC1(C)[B]C1C. The fraction of sp³-hybridized carbons (Fsp3) is 1.00. The van der Waals surface area contributed by atoms with Crippen LogP contribution >= 0.6 is 0 Å². The first-order chi connectivity index (χ1) is 5.46. The van der Waals surface area contributed by atoms with E-state index in [2.05, 4.69) is 46.9 Å². The van der Waals surface area contributed by atoms with Gasteiger partial charge in [-0.25, -0.2) is 0 Å². The first-order valence-corrected chi connectivity index (χ1v) is 5.02. The van der Waals surface area contributed by atoms with Gasteiger partial charge in [-0.15, -0.1) is 0 Å². The minimum absolute atomic E-state index is 0.559. The minimum atomic E-state index is 0.559. The summed E-state index contributed by atoms with van der Waals surface area (Å²) in [5.41, 5.74) is 0. The molecule has 0 amide bonds. The predicted molar refractivity (Wildman–Crippen MR) is 55.9 cm³/mol. The molecule has 69 valence electrons. The minimum Gasteiger partial charge on any atom is -0.304 e. The third kappa shape index (κ3) is 2.26. The lowest BCUT2D eigenvalue weighted by molar-refractivity contribution is 0.262. The van der Waals surface area contributed by atoms with Crippen LogP contribution in [-0.4, -0.2) is 31.8 Å². The van der Waals surface area contributed by atoms with E-state index < -0.39 is 0 Å². The van der Waals surface area contributed by atoms with Gasteiger partial charge >= 0.3 is 0 Å². The van der Waals surface area contributed by atoms with Gasteiger partial charge in [0.15, 0.2) is 0 Å². The van der Waals surface area contributed by atoms with Crippen LogP contribution in [0.2, 0.25) is 11.1 Å². The Bertz CT molecular complexity index is 158. The maximum atomic E-state index is 2.46. The summed E-state index contributed by atoms with van der Waals surface area (Å²) in [6.07, 6.45) is 1.32. The molecule has 12 heavy (non-hydrogen) atoms. The normalized spacial score (nSPS) is 34.1. The molecule has 1 fully saturated rings. The zero-order valence-corrected chi connectivity index (χ0v) is 9.09. The van der Waals surface area contributed by atoms with Crippen molar-refractivity contribution in [3.63, 3.8) is 0 Å². The van der Waals surface area contributed by atoms with Gasteiger partial charge in [0.2, 0.25) is 0 Å². The average molecular weight is 166 g/mol. The number of nitrogens with zero attached hydrogens (tertiary/aromatic N) is 1. The lowest BCUT2D eigenvalue weighted by atomic mass is 9.86. The Labute approximate surface area is 77.8 Å². The summed E-state index contributed by atoms with van der Waals surface area (Å²) in [6, 6.07) is 0.683. The number of hydrogen-bond donors (Lipinski definition) is 0. The number of hydrogen-bond acceptors (Lipinski definition) is 1. The Morgan fingerprint density at radius 2 is 2.00 bits per heavy atom. The molecule has 0 bridgehead atoms. The van der Waals surface area contributed by atoms with Crippen molar-refractivity contribution in [2.75, 3.05) is 13.6 Å². The Balaban J connectivity index is 2.18. The van der Waals surface area contributed by atoms with Crippen molar-refractivity contribution in [1.82, 2.24) is 4.90 Å². The van der Waals surface area contributed by atoms with Crippen molar-refractivity contribution in [3.05, 3.63) is 0 Å². The molecule has 1 aliphatic rings. The second kappa shape index (κ2) is 3.41. The van der Waals surface area contributed by atoms with Crippen LogP contribution in [0.3, 0.4) is 0 Å². The van der Waals surface area contributed by atoms with Crippen LogP contribution in [0.15, 0.2) is 0 Å². The van der Waals surface area contributed by atoms with Crippen molar-refractivity contribution in [3.8, 4) is 0 Å². The summed E-state index contributed by atoms with van der Waals surface area (Å²) >= 11 is 0. The van der Waals surface area contributed by atoms with Crippen LogP contribution in [0.1, 0.15) is 34.1 Å². The summed E-state index contributed by atoms with van der Waals surface area (Å²) in [5.74, 6) is 0.845. The largest absolute Gasteiger partial charge is 0.304 e. The average Bonchev–Trinajstić information content (AvgIpc) is 2.56. The lowest BCUT2D eigenvalue weighted by Gasteiger charge is -2.23. The van der Waals surface area contributed by atoms with Gasteiger partial charge < -0.3 is 4.90 Å². The molecule has 0 spiro atoms. The van der Waals surface area contributed by atoms with Crippen LogP contribution in [-0.2, 0) is 0 Å². The summed E-state index contributed by atoms with van der Waals surface area (Å²) in [5, 5.41) is 0.559. The molecule has 0 saturated carbocycles. The predicted octanol–water partition coefficient (Wildman–Crippen LogP) is 2.42. The molecule has 1 rings (SSSR count). The second-order valence-electron chi connectivity index (χ2n) is 4.79. The van der Waals surface area contributed by atoms with Crippen molar-refractivity contribution in [2.24, 2.45) is 0 Å². The summed E-state index contributed by atoms with van der Waals surface area (Å²) in [7, 11) is 4.67. The highest BCUT2D eigenvalue weighted by Crippen LogP contribution is 2.58. The fourth-order valence-corrected chi connectivity index (χ4v) is 1.51. The van der Waals surface area contributed by atoms with E-state index in [4.69, 9.17) is 0 Å². The van der Waals surface area contributed by atoms with Crippen LogP contribution in [0, 0.1) is 0 Å². The second-order valence-corrected chi connectivity index (χ2v) is 4.79. The first kappa shape index (κ1) is 10.1. The molecule has 0 aliphatic carbocycles. The Morgan fingerprint density at radius 1 is 1.50 bits per heavy atom. The molecule has 0 aromatic heterocycles. The molecule has 1 saturated heterocycles. The van der Waals surface area contributed by atoms with E-state index in [1.807, 2.05) is 0 Å². The molecule has 0 N–H and O–H groups in total. The Kier molecular flexibility index (Phi) is 2.87. The number of rotatable bonds is 4. The maximum Gasteiger partial charge on any atom is 0.120 e. The zero-order valence-electron chi connectivity index (χ0n) is 9.09. The van der Waals surface area contributed by atoms with Crippen LogP contribution < -0.4 is 0 Å². The van der Waals surface area contributed by atoms with Gasteiger partial charge in [0, 0.05) is 6.04 Å². The smallest absolute Gasteiger partial charge is 0.120 e. The van der Waals surface area contributed by atoms with E-state index in [-0.39, 0.29) is 0 Å². The zero-order chi connectivity index (χ0) is 9.35. The molecule has 2 atom stereocenters. The topological polar surface area (TPSA) is 3.24 Å². The summed E-state index contributed by atoms with van der Waals surface area (Å²) in [4.78, 5) is 2.42. The Hall–Kier alpha value is 0.0249. The monoisotopic (exact) mass is 166 g/mol. The van der Waals surface area contributed by atoms with Gasteiger partial charge in [-0.1, -0.05) is 25.0 Å². The Morgan fingerprint density at radius 3 is 2.33 bits per heavy atom. The fourth-order valence-electron chi connectivity index (χ4n) is 1.51. The molecular weight excluding hydrogens is 145 g/mol. The molecule has 0 aromatic rings. The van der Waals surface area contributed by atoms with Gasteiger partial charge in [-0.3, -0.25) is 0 Å². The van der Waals surface area contributed by atoms with E-state index in [0.717, 1.165) is 5.82 Å². The highest BCUT2D eigenvalue weighted by atomic mass is 15.1. The standard InChI is InChI=1S/C10H21BN/c1-8(2)12(5)7-6-10(4)9(3)11-10/h8-9H,6-7H2,1-5H3. The van der Waals surface area contributed by atoms with Crippen LogP contribution in [0.5, 0.6) is 0 Å². The summed E-state index contributed by atoms with van der Waals surface area (Å²) in [6.45, 7) is 10.4. The van der Waals surface area contributed by atoms with Gasteiger partial charge in [0.25, 0.3) is 0 Å². The highest BCUT2D eigenvalue weighted by Gasteiger charge is 2.46. The van der Waals surface area contributed by atoms with Crippen molar-refractivity contribution in [1.29, 1.82) is 0 Å². The van der Waals surface area contributed by atoms with Gasteiger partial charge in [-0.05, 0) is 33.9 Å². The quantitative estimate of drug-likeness (QED) is 0.579. The van der Waals surface area contributed by atoms with Gasteiger partial charge in [0.1, 0.15) is 7.28 Å². The third-order valence-corrected chi connectivity index (χ3v) is 3.45. The molecule has 0 aromatic carbocycles. The molecule has 1 aliphatic heterocycles. The lowest BCUT2D eigenvalue weighted by Crippen LogP contribution is -2.28. The molecule has 1 heterocycles. The van der Waals surface area contributed by atoms with Crippen molar-refractivity contribution in [2.45, 2.75) is 51.3 Å². The maximum absolute atomic E-state index is 2.46. The molecule has 1 nitrogen and oxygen atoms in total. The van der Waals surface area contributed by atoms with E-state index in [9.17, 15) is 0 Å². The van der Waals surface area contributed by atoms with Crippen LogP contribution in [0.25, 0.3) is 0 Å². The van der Waals surface area contributed by atoms with Gasteiger partial charge in [0.05, 0.1) is 0 Å². The van der Waals surface area contributed by atoms with Gasteiger partial charge in [-0.2, -0.15) is 0 Å². The third-order valence-electron chi connectivity index (χ3n) is 3.45. The van der Waals surface area contributed by atoms with Crippen molar-refractivity contribution >= 4 is 7.28 Å². The van der Waals surface area contributed by atoms with Crippen LogP contribution in [0.4, 0.5) is 0 Å². The van der Waals surface area contributed by atoms with Crippen molar-refractivity contribution < 1.29 is 0 Å². The molecule has 2 unspecified atom stereocenters. The summed E-state index contributed by atoms with van der Waals surface area (Å²) < 4.78 is 0. The van der Waals surface area contributed by atoms with E-state index >= 15 is 0 Å². The molecule has 1 radical (unpaired) electrons. The molecular formula is C10H21BN. The van der Waals surface area contributed by atoms with E-state index in [0.29, 0.717) is 11.4 Å². The van der Waals surface area contributed by atoms with E-state index in [1.54, 1.807) is 0 Å².